The highest BCUT2D eigenvalue weighted by Crippen LogP contribution is 2.35. The van der Waals surface area contributed by atoms with Crippen molar-refractivity contribution in [3.63, 3.8) is 0 Å². The van der Waals surface area contributed by atoms with Crippen LogP contribution in [0.5, 0.6) is 5.75 Å². The second-order valence-electron chi connectivity index (χ2n) is 7.42. The molecule has 0 spiro atoms. The Morgan fingerprint density at radius 1 is 0.862 bits per heavy atom. The van der Waals surface area contributed by atoms with Gasteiger partial charge in [0, 0.05) is 0 Å². The van der Waals surface area contributed by atoms with Crippen molar-refractivity contribution >= 4 is 7.82 Å². The molecule has 0 aliphatic heterocycles. The fourth-order valence-corrected chi connectivity index (χ4v) is 3.47. The summed E-state index contributed by atoms with van der Waals surface area (Å²) in [7, 11) is -4.44. The summed E-state index contributed by atoms with van der Waals surface area (Å²) in [4.78, 5) is 17.4. The van der Waals surface area contributed by atoms with Crippen LogP contribution in [0.15, 0.2) is 30.3 Å². The third-order valence-electron chi connectivity index (χ3n) is 4.72. The van der Waals surface area contributed by atoms with E-state index in [-0.39, 0.29) is 19.3 Å². The highest BCUT2D eigenvalue weighted by atomic mass is 31.2. The van der Waals surface area contributed by atoms with Gasteiger partial charge in [-0.25, -0.2) is 4.57 Å². The van der Waals surface area contributed by atoms with Crippen LogP contribution in [0, 0.1) is 0 Å². The SMILES string of the molecule is CCCCCCCCCCCCC(COCCOP(=O)(O)O)Oc1ccccc1. The molecule has 0 saturated carbocycles. The third-order valence-corrected chi connectivity index (χ3v) is 5.24. The van der Waals surface area contributed by atoms with Crippen molar-refractivity contribution in [3.8, 4) is 5.75 Å². The molecular formula is C22H39O6P. The smallest absolute Gasteiger partial charge is 0.469 e. The Kier molecular flexibility index (Phi) is 15.2. The number of hydrogen-bond acceptors (Lipinski definition) is 4. The van der Waals surface area contributed by atoms with E-state index >= 15 is 0 Å². The first-order valence-electron chi connectivity index (χ1n) is 11.0. The summed E-state index contributed by atoms with van der Waals surface area (Å²) < 4.78 is 26.6. The number of hydrogen-bond donors (Lipinski definition) is 2. The Hall–Kier alpha value is -0.910. The maximum atomic E-state index is 10.7. The summed E-state index contributed by atoms with van der Waals surface area (Å²) in [6.45, 7) is 2.60. The van der Waals surface area contributed by atoms with Crippen LogP contribution in [0.1, 0.15) is 77.6 Å². The zero-order valence-electron chi connectivity index (χ0n) is 17.8. The molecule has 0 aliphatic carbocycles. The highest BCUT2D eigenvalue weighted by molar-refractivity contribution is 7.46. The maximum Gasteiger partial charge on any atom is 0.469 e. The number of para-hydroxylation sites is 1. The zero-order valence-corrected chi connectivity index (χ0v) is 18.7. The van der Waals surface area contributed by atoms with Crippen LogP contribution in [0.4, 0.5) is 0 Å². The van der Waals surface area contributed by atoms with E-state index in [1.807, 2.05) is 30.3 Å². The monoisotopic (exact) mass is 430 g/mol. The Labute approximate surface area is 176 Å². The van der Waals surface area contributed by atoms with Gasteiger partial charge >= 0.3 is 7.82 Å². The molecule has 1 aromatic carbocycles. The van der Waals surface area contributed by atoms with Gasteiger partial charge in [-0.2, -0.15) is 0 Å². The quantitative estimate of drug-likeness (QED) is 0.211. The standard InChI is InChI=1S/C22H39O6P/c1-2-3-4-5-6-7-8-9-10-12-17-22(28-21-15-13-11-14-16-21)20-26-18-19-27-29(23,24)25/h11,13-16,22H,2-10,12,17-20H2,1H3,(H2,23,24,25). The van der Waals surface area contributed by atoms with Crippen LogP contribution in [-0.4, -0.2) is 35.7 Å². The van der Waals surface area contributed by atoms with E-state index in [1.54, 1.807) is 0 Å². The van der Waals surface area contributed by atoms with Crippen LogP contribution in [0.2, 0.25) is 0 Å². The molecule has 29 heavy (non-hydrogen) atoms. The van der Waals surface area contributed by atoms with Gasteiger partial charge in [-0.15, -0.1) is 0 Å². The van der Waals surface area contributed by atoms with Crippen LogP contribution < -0.4 is 4.74 Å². The lowest BCUT2D eigenvalue weighted by Crippen LogP contribution is -2.24. The first-order valence-corrected chi connectivity index (χ1v) is 12.5. The van der Waals surface area contributed by atoms with Gasteiger partial charge in [-0.1, -0.05) is 82.9 Å². The first kappa shape index (κ1) is 26.1. The molecule has 0 radical (unpaired) electrons. The molecule has 1 atom stereocenters. The van der Waals surface area contributed by atoms with Gasteiger partial charge in [0.1, 0.15) is 11.9 Å². The minimum atomic E-state index is -4.44. The normalized spacial score (nSPS) is 12.8. The van der Waals surface area contributed by atoms with Gasteiger partial charge < -0.3 is 19.3 Å². The summed E-state index contributed by atoms with van der Waals surface area (Å²) in [5, 5.41) is 0. The molecular weight excluding hydrogens is 391 g/mol. The van der Waals surface area contributed by atoms with Gasteiger partial charge in [0.25, 0.3) is 0 Å². The average molecular weight is 431 g/mol. The second-order valence-corrected chi connectivity index (χ2v) is 8.66. The number of unbranched alkanes of at least 4 members (excludes halogenated alkanes) is 9. The summed E-state index contributed by atoms with van der Waals surface area (Å²) in [6, 6.07) is 9.65. The molecule has 6 nitrogen and oxygen atoms in total. The van der Waals surface area contributed by atoms with Gasteiger partial charge in [0.15, 0.2) is 0 Å². The fourth-order valence-electron chi connectivity index (χ4n) is 3.16. The van der Waals surface area contributed by atoms with Gasteiger partial charge in [0.2, 0.25) is 0 Å². The summed E-state index contributed by atoms with van der Waals surface area (Å²) >= 11 is 0. The van der Waals surface area contributed by atoms with E-state index in [4.69, 9.17) is 19.3 Å². The first-order chi connectivity index (χ1) is 14.0. The van der Waals surface area contributed by atoms with E-state index in [0.29, 0.717) is 6.61 Å². The van der Waals surface area contributed by atoms with E-state index in [1.165, 1.54) is 57.8 Å². The molecule has 1 aromatic rings. The van der Waals surface area contributed by atoms with Gasteiger partial charge in [-0.3, -0.25) is 4.52 Å². The maximum absolute atomic E-state index is 10.7. The highest BCUT2D eigenvalue weighted by Gasteiger charge is 2.14. The number of ether oxygens (including phenoxy) is 2. The lowest BCUT2D eigenvalue weighted by atomic mass is 10.0. The predicted molar refractivity (Wildman–Crippen MR) is 116 cm³/mol. The summed E-state index contributed by atoms with van der Waals surface area (Å²) in [5.41, 5.74) is 0. The molecule has 0 saturated heterocycles. The van der Waals surface area contributed by atoms with E-state index in [9.17, 15) is 4.57 Å². The lowest BCUT2D eigenvalue weighted by molar-refractivity contribution is 0.0272. The van der Waals surface area contributed by atoms with Crippen molar-refractivity contribution in [2.45, 2.75) is 83.7 Å². The van der Waals surface area contributed by atoms with Crippen molar-refractivity contribution in [3.05, 3.63) is 30.3 Å². The number of benzene rings is 1. The Morgan fingerprint density at radius 2 is 1.45 bits per heavy atom. The second kappa shape index (κ2) is 16.8. The molecule has 2 N–H and O–H groups in total. The van der Waals surface area contributed by atoms with Crippen LogP contribution in [0.25, 0.3) is 0 Å². The average Bonchev–Trinajstić information content (AvgIpc) is 2.68. The van der Waals surface area contributed by atoms with Crippen LogP contribution >= 0.6 is 7.82 Å². The Bertz CT molecular complexity index is 533. The van der Waals surface area contributed by atoms with Gasteiger partial charge in [-0.05, 0) is 25.0 Å². The van der Waals surface area contributed by atoms with E-state index in [2.05, 4.69) is 11.4 Å². The molecule has 168 valence electrons. The summed E-state index contributed by atoms with van der Waals surface area (Å²) in [5.74, 6) is 0.805. The van der Waals surface area contributed by atoms with Crippen molar-refractivity contribution in [2.24, 2.45) is 0 Å². The minimum absolute atomic E-state index is 0.0819. The topological polar surface area (TPSA) is 85.2 Å². The molecule has 7 heteroatoms. The summed E-state index contributed by atoms with van der Waals surface area (Å²) in [6.07, 6.45) is 13.7. The van der Waals surface area contributed by atoms with Crippen molar-refractivity contribution in [1.82, 2.24) is 0 Å². The molecule has 0 amide bonds. The Balaban J connectivity index is 2.20. The minimum Gasteiger partial charge on any atom is -0.488 e. The molecule has 0 heterocycles. The van der Waals surface area contributed by atoms with Crippen LogP contribution in [0.3, 0.4) is 0 Å². The Morgan fingerprint density at radius 3 is 2.03 bits per heavy atom. The van der Waals surface area contributed by atoms with Gasteiger partial charge in [0.05, 0.1) is 19.8 Å². The van der Waals surface area contributed by atoms with Crippen LogP contribution in [-0.2, 0) is 13.8 Å². The third kappa shape index (κ3) is 16.6. The number of phosphoric acid groups is 1. The molecule has 1 rings (SSSR count). The molecule has 0 aromatic heterocycles. The number of phosphoric ester groups is 1. The zero-order chi connectivity index (χ0) is 21.2. The largest absolute Gasteiger partial charge is 0.488 e. The lowest BCUT2D eigenvalue weighted by Gasteiger charge is -2.19. The van der Waals surface area contributed by atoms with Crippen molar-refractivity contribution < 1.29 is 28.3 Å². The molecule has 1 unspecified atom stereocenters. The van der Waals surface area contributed by atoms with E-state index in [0.717, 1.165) is 18.6 Å². The predicted octanol–water partition coefficient (Wildman–Crippen LogP) is 5.87. The fraction of sp³-hybridized carbons (Fsp3) is 0.727. The van der Waals surface area contributed by atoms with Crippen molar-refractivity contribution in [2.75, 3.05) is 19.8 Å². The number of rotatable bonds is 19. The molecule has 0 bridgehead atoms. The van der Waals surface area contributed by atoms with E-state index < -0.39 is 7.82 Å². The molecule has 0 fully saturated rings. The molecule has 0 aliphatic rings. The van der Waals surface area contributed by atoms with Crippen molar-refractivity contribution in [1.29, 1.82) is 0 Å².